The van der Waals surface area contributed by atoms with Crippen molar-refractivity contribution in [1.82, 2.24) is 5.32 Å². The third-order valence-corrected chi connectivity index (χ3v) is 3.16. The van der Waals surface area contributed by atoms with E-state index in [1.807, 2.05) is 0 Å². The molecule has 0 amide bonds. The highest BCUT2D eigenvalue weighted by molar-refractivity contribution is 5.77. The lowest BCUT2D eigenvalue weighted by Crippen LogP contribution is -2.32. The van der Waals surface area contributed by atoms with E-state index in [4.69, 9.17) is 15.2 Å². The van der Waals surface area contributed by atoms with Gasteiger partial charge in [0.25, 0.3) is 0 Å². The van der Waals surface area contributed by atoms with Crippen LogP contribution in [0.2, 0.25) is 0 Å². The van der Waals surface area contributed by atoms with Gasteiger partial charge in [0.1, 0.15) is 0 Å². The SMILES string of the molecule is CCCCCCNC(N)=NCCCOC1CCOC1. The molecule has 3 N–H and O–H groups in total. The standard InChI is InChI=1S/C14H29N3O2/c1-2-3-4-5-8-16-14(15)17-9-6-10-19-13-7-11-18-12-13/h13H,2-12H2,1H3,(H3,15,16,17). The van der Waals surface area contributed by atoms with Crippen molar-refractivity contribution in [3.05, 3.63) is 0 Å². The first kappa shape index (κ1) is 16.2. The van der Waals surface area contributed by atoms with Crippen LogP contribution in [-0.4, -0.2) is 45.0 Å². The molecule has 1 rings (SSSR count). The monoisotopic (exact) mass is 271 g/mol. The summed E-state index contributed by atoms with van der Waals surface area (Å²) in [5.74, 6) is 0.556. The van der Waals surface area contributed by atoms with Gasteiger partial charge in [0.2, 0.25) is 0 Å². The molecule has 0 spiro atoms. The Morgan fingerprint density at radius 1 is 1.37 bits per heavy atom. The van der Waals surface area contributed by atoms with E-state index in [0.29, 0.717) is 5.96 Å². The van der Waals surface area contributed by atoms with E-state index in [-0.39, 0.29) is 6.10 Å². The molecule has 112 valence electrons. The Hall–Kier alpha value is -0.810. The Bertz CT molecular complexity index is 241. The smallest absolute Gasteiger partial charge is 0.188 e. The minimum absolute atomic E-state index is 0.290. The highest BCUT2D eigenvalue weighted by atomic mass is 16.5. The second kappa shape index (κ2) is 11.1. The number of unbranched alkanes of at least 4 members (excludes halogenated alkanes) is 3. The molecule has 1 heterocycles. The molecule has 1 atom stereocenters. The average molecular weight is 271 g/mol. The minimum Gasteiger partial charge on any atom is -0.379 e. The number of aliphatic imine (C=N–C) groups is 1. The molecule has 1 saturated heterocycles. The quantitative estimate of drug-likeness (QED) is 0.360. The van der Waals surface area contributed by atoms with Crippen LogP contribution >= 0.6 is 0 Å². The van der Waals surface area contributed by atoms with Gasteiger partial charge in [-0.25, -0.2) is 0 Å². The Labute approximate surface area is 116 Å². The molecule has 1 aliphatic rings. The third kappa shape index (κ3) is 8.83. The highest BCUT2D eigenvalue weighted by Crippen LogP contribution is 2.07. The van der Waals surface area contributed by atoms with Gasteiger partial charge in [0.05, 0.1) is 12.7 Å². The van der Waals surface area contributed by atoms with Crippen molar-refractivity contribution >= 4 is 5.96 Å². The minimum atomic E-state index is 0.290. The summed E-state index contributed by atoms with van der Waals surface area (Å²) in [6.45, 7) is 6.17. The van der Waals surface area contributed by atoms with Crippen molar-refractivity contribution in [2.45, 2.75) is 51.6 Å². The number of nitrogens with one attached hydrogen (secondary N) is 1. The first-order chi connectivity index (χ1) is 9.33. The maximum absolute atomic E-state index is 5.77. The summed E-state index contributed by atoms with van der Waals surface area (Å²) in [4.78, 5) is 4.28. The molecule has 0 aromatic heterocycles. The van der Waals surface area contributed by atoms with Crippen molar-refractivity contribution < 1.29 is 9.47 Å². The van der Waals surface area contributed by atoms with Gasteiger partial charge in [0.15, 0.2) is 5.96 Å². The second-order valence-corrected chi connectivity index (χ2v) is 4.96. The number of nitrogens with two attached hydrogens (primary N) is 1. The van der Waals surface area contributed by atoms with E-state index in [2.05, 4.69) is 17.2 Å². The van der Waals surface area contributed by atoms with Gasteiger partial charge in [-0.3, -0.25) is 4.99 Å². The molecule has 19 heavy (non-hydrogen) atoms. The lowest BCUT2D eigenvalue weighted by Gasteiger charge is -2.09. The number of guanidine groups is 1. The Morgan fingerprint density at radius 2 is 2.26 bits per heavy atom. The fraction of sp³-hybridized carbons (Fsp3) is 0.929. The largest absolute Gasteiger partial charge is 0.379 e. The topological polar surface area (TPSA) is 68.9 Å². The number of hydrogen-bond donors (Lipinski definition) is 2. The third-order valence-electron chi connectivity index (χ3n) is 3.16. The zero-order valence-electron chi connectivity index (χ0n) is 12.2. The van der Waals surface area contributed by atoms with Crippen molar-refractivity contribution in [1.29, 1.82) is 0 Å². The summed E-state index contributed by atoms with van der Waals surface area (Å²) < 4.78 is 10.9. The second-order valence-electron chi connectivity index (χ2n) is 4.96. The molecule has 1 unspecified atom stereocenters. The zero-order chi connectivity index (χ0) is 13.8. The van der Waals surface area contributed by atoms with Gasteiger partial charge in [-0.15, -0.1) is 0 Å². The van der Waals surface area contributed by atoms with Crippen molar-refractivity contribution in [2.75, 3.05) is 32.9 Å². The van der Waals surface area contributed by atoms with E-state index in [1.54, 1.807) is 0 Å². The van der Waals surface area contributed by atoms with Gasteiger partial charge in [-0.1, -0.05) is 26.2 Å². The predicted octanol–water partition coefficient (Wildman–Crippen LogP) is 1.67. The Balaban J connectivity index is 1.89. The van der Waals surface area contributed by atoms with Crippen LogP contribution in [0.4, 0.5) is 0 Å². The summed E-state index contributed by atoms with van der Waals surface area (Å²) in [6.07, 6.45) is 7.19. The predicted molar refractivity (Wildman–Crippen MR) is 78.4 cm³/mol. The molecule has 5 heteroatoms. The van der Waals surface area contributed by atoms with Crippen LogP contribution in [0.1, 0.15) is 45.4 Å². The van der Waals surface area contributed by atoms with Crippen LogP contribution < -0.4 is 11.1 Å². The maximum atomic E-state index is 5.77. The molecular weight excluding hydrogens is 242 g/mol. The summed E-state index contributed by atoms with van der Waals surface area (Å²) in [5, 5.41) is 3.14. The summed E-state index contributed by atoms with van der Waals surface area (Å²) >= 11 is 0. The normalized spacial score (nSPS) is 19.8. The molecule has 0 saturated carbocycles. The lowest BCUT2D eigenvalue weighted by molar-refractivity contribution is 0.0424. The number of nitrogens with zero attached hydrogens (tertiary/aromatic N) is 1. The molecule has 5 nitrogen and oxygen atoms in total. The highest BCUT2D eigenvalue weighted by Gasteiger charge is 2.14. The van der Waals surface area contributed by atoms with Crippen LogP contribution in [0.3, 0.4) is 0 Å². The van der Waals surface area contributed by atoms with Gasteiger partial charge < -0.3 is 20.5 Å². The van der Waals surface area contributed by atoms with Gasteiger partial charge >= 0.3 is 0 Å². The zero-order valence-corrected chi connectivity index (χ0v) is 12.2. The van der Waals surface area contributed by atoms with Crippen LogP contribution in [0.25, 0.3) is 0 Å². The molecule has 0 aliphatic carbocycles. The Kier molecular flexibility index (Phi) is 9.45. The first-order valence-corrected chi connectivity index (χ1v) is 7.56. The van der Waals surface area contributed by atoms with Crippen molar-refractivity contribution in [3.8, 4) is 0 Å². The number of ether oxygens (including phenoxy) is 2. The molecule has 0 aromatic rings. The van der Waals surface area contributed by atoms with E-state index in [1.165, 1.54) is 19.3 Å². The molecule has 0 aromatic carbocycles. The first-order valence-electron chi connectivity index (χ1n) is 7.56. The molecule has 0 bridgehead atoms. The Morgan fingerprint density at radius 3 is 3.00 bits per heavy atom. The average Bonchev–Trinajstić information content (AvgIpc) is 2.91. The van der Waals surface area contributed by atoms with Crippen LogP contribution in [0.5, 0.6) is 0 Å². The molecule has 1 fully saturated rings. The molecular formula is C14H29N3O2. The summed E-state index contributed by atoms with van der Waals surface area (Å²) in [5.41, 5.74) is 5.77. The van der Waals surface area contributed by atoms with Crippen molar-refractivity contribution in [2.24, 2.45) is 10.7 Å². The van der Waals surface area contributed by atoms with E-state index in [9.17, 15) is 0 Å². The van der Waals surface area contributed by atoms with Crippen LogP contribution in [-0.2, 0) is 9.47 Å². The molecule has 0 radical (unpaired) electrons. The van der Waals surface area contributed by atoms with Crippen LogP contribution in [0.15, 0.2) is 4.99 Å². The van der Waals surface area contributed by atoms with E-state index >= 15 is 0 Å². The maximum Gasteiger partial charge on any atom is 0.188 e. The van der Waals surface area contributed by atoms with E-state index < -0.39 is 0 Å². The fourth-order valence-electron chi connectivity index (χ4n) is 1.98. The van der Waals surface area contributed by atoms with Gasteiger partial charge in [-0.05, 0) is 19.3 Å². The van der Waals surface area contributed by atoms with Crippen LogP contribution in [0, 0.1) is 0 Å². The number of hydrogen-bond acceptors (Lipinski definition) is 3. The molecule has 1 aliphatic heterocycles. The van der Waals surface area contributed by atoms with Gasteiger partial charge in [-0.2, -0.15) is 0 Å². The van der Waals surface area contributed by atoms with E-state index in [0.717, 1.165) is 52.2 Å². The van der Waals surface area contributed by atoms with Gasteiger partial charge in [0, 0.05) is 26.3 Å². The van der Waals surface area contributed by atoms with Crippen molar-refractivity contribution in [3.63, 3.8) is 0 Å². The fourth-order valence-corrected chi connectivity index (χ4v) is 1.98. The lowest BCUT2D eigenvalue weighted by atomic mass is 10.2. The summed E-state index contributed by atoms with van der Waals surface area (Å²) in [6, 6.07) is 0. The summed E-state index contributed by atoms with van der Waals surface area (Å²) in [7, 11) is 0. The number of rotatable bonds is 10.